The maximum Gasteiger partial charge on any atom is 0.236 e. The molecule has 0 N–H and O–H groups in total. The molecule has 2 nitrogen and oxygen atoms in total. The summed E-state index contributed by atoms with van der Waals surface area (Å²) in [5, 5.41) is 6.38. The molecule has 1 heterocycles. The van der Waals surface area contributed by atoms with Gasteiger partial charge in [0.2, 0.25) is 5.95 Å². The summed E-state index contributed by atoms with van der Waals surface area (Å²) in [7, 11) is 0. The summed E-state index contributed by atoms with van der Waals surface area (Å²) in [5.74, 6) is -0.604. The van der Waals surface area contributed by atoms with Crippen LogP contribution >= 0.6 is 0 Å². The number of halogens is 1. The number of rotatable bonds is 0. The Labute approximate surface area is 46.4 Å². The van der Waals surface area contributed by atoms with Gasteiger partial charge in [0.15, 0.2) is 0 Å². The molecule has 0 saturated heterocycles. The van der Waals surface area contributed by atoms with E-state index in [1.807, 2.05) is 0 Å². The molecule has 1 radical (unpaired) electrons. The summed E-state index contributed by atoms with van der Waals surface area (Å²) < 4.78 is 12.1. The Morgan fingerprint density at radius 3 is 2.75 bits per heavy atom. The van der Waals surface area contributed by atoms with Crippen molar-refractivity contribution in [2.24, 2.45) is 0 Å². The van der Waals surface area contributed by atoms with Crippen LogP contribution in [0.1, 0.15) is 5.56 Å². The SMILES string of the molecule is [CH2]c1ccnnc1F. The largest absolute Gasteiger partial charge is 0.236 e. The first kappa shape index (κ1) is 5.15. The Hall–Kier alpha value is -0.990. The third-order valence-electron chi connectivity index (χ3n) is 0.753. The van der Waals surface area contributed by atoms with Gasteiger partial charge in [0.05, 0.1) is 6.20 Å². The lowest BCUT2D eigenvalue weighted by Gasteiger charge is -1.86. The van der Waals surface area contributed by atoms with Crippen molar-refractivity contribution in [2.45, 2.75) is 0 Å². The van der Waals surface area contributed by atoms with Crippen LogP contribution in [0, 0.1) is 12.9 Å². The lowest BCUT2D eigenvalue weighted by atomic mass is 10.3. The zero-order valence-electron chi connectivity index (χ0n) is 4.13. The average molecular weight is 111 g/mol. The topological polar surface area (TPSA) is 25.8 Å². The second kappa shape index (κ2) is 1.86. The van der Waals surface area contributed by atoms with Crippen LogP contribution < -0.4 is 0 Å². The van der Waals surface area contributed by atoms with Gasteiger partial charge in [-0.3, -0.25) is 0 Å². The average Bonchev–Trinajstić information content (AvgIpc) is 1.77. The van der Waals surface area contributed by atoms with Gasteiger partial charge in [-0.25, -0.2) is 0 Å². The normalized spacial score (nSPS) is 9.25. The van der Waals surface area contributed by atoms with Gasteiger partial charge < -0.3 is 0 Å². The van der Waals surface area contributed by atoms with Crippen molar-refractivity contribution in [3.05, 3.63) is 30.7 Å². The van der Waals surface area contributed by atoms with Gasteiger partial charge in [0.1, 0.15) is 0 Å². The first-order valence-corrected chi connectivity index (χ1v) is 2.10. The van der Waals surface area contributed by atoms with E-state index >= 15 is 0 Å². The monoisotopic (exact) mass is 111 g/mol. The molecule has 0 unspecified atom stereocenters. The van der Waals surface area contributed by atoms with Crippen molar-refractivity contribution < 1.29 is 4.39 Å². The maximum absolute atomic E-state index is 12.1. The molecule has 0 fully saturated rings. The van der Waals surface area contributed by atoms with Crippen LogP contribution in [-0.2, 0) is 0 Å². The second-order valence-corrected chi connectivity index (χ2v) is 1.35. The standard InChI is InChI=1S/C5H4FN2/c1-4-2-3-7-8-5(4)6/h2-3H,1H2. The van der Waals surface area contributed by atoms with Gasteiger partial charge >= 0.3 is 0 Å². The fourth-order valence-electron chi connectivity index (χ4n) is 0.340. The minimum atomic E-state index is -0.604. The predicted octanol–water partition coefficient (Wildman–Crippen LogP) is 0.798. The van der Waals surface area contributed by atoms with Crippen LogP contribution in [0.25, 0.3) is 0 Å². The van der Waals surface area contributed by atoms with Crippen molar-refractivity contribution in [3.8, 4) is 0 Å². The molecule has 1 rings (SSSR count). The summed E-state index contributed by atoms with van der Waals surface area (Å²) in [4.78, 5) is 0. The molecule has 1 aromatic rings. The van der Waals surface area contributed by atoms with Crippen molar-refractivity contribution in [1.29, 1.82) is 0 Å². The van der Waals surface area contributed by atoms with Gasteiger partial charge in [-0.15, -0.1) is 5.10 Å². The smallest absolute Gasteiger partial charge is 0.183 e. The first-order chi connectivity index (χ1) is 3.80. The molecular weight excluding hydrogens is 107 g/mol. The Bertz CT molecular complexity index is 167. The van der Waals surface area contributed by atoms with E-state index in [0.717, 1.165) is 0 Å². The van der Waals surface area contributed by atoms with E-state index < -0.39 is 5.95 Å². The molecule has 0 bridgehead atoms. The molecule has 0 aromatic carbocycles. The van der Waals surface area contributed by atoms with Gasteiger partial charge in [0.25, 0.3) is 0 Å². The van der Waals surface area contributed by atoms with Crippen LogP contribution in [0.5, 0.6) is 0 Å². The first-order valence-electron chi connectivity index (χ1n) is 2.10. The Morgan fingerprint density at radius 2 is 2.38 bits per heavy atom. The molecule has 0 aliphatic carbocycles. The molecule has 0 aliphatic heterocycles. The summed E-state index contributed by atoms with van der Waals surface area (Å²) in [6, 6.07) is 1.46. The molecule has 8 heavy (non-hydrogen) atoms. The highest BCUT2D eigenvalue weighted by Gasteiger charge is 1.92. The number of hydrogen-bond donors (Lipinski definition) is 0. The summed E-state index contributed by atoms with van der Waals surface area (Å²) in [6.45, 7) is 3.34. The minimum Gasteiger partial charge on any atom is -0.183 e. The molecule has 0 atom stereocenters. The van der Waals surface area contributed by atoms with E-state index in [1.165, 1.54) is 12.3 Å². The van der Waals surface area contributed by atoms with E-state index in [2.05, 4.69) is 17.1 Å². The van der Waals surface area contributed by atoms with E-state index in [4.69, 9.17) is 0 Å². The molecular formula is C5H4FN2. The van der Waals surface area contributed by atoms with E-state index in [1.54, 1.807) is 0 Å². The van der Waals surface area contributed by atoms with Crippen molar-refractivity contribution >= 4 is 0 Å². The van der Waals surface area contributed by atoms with E-state index in [-0.39, 0.29) is 5.56 Å². The van der Waals surface area contributed by atoms with Crippen LogP contribution in [-0.4, -0.2) is 10.2 Å². The van der Waals surface area contributed by atoms with Crippen LogP contribution in [0.15, 0.2) is 12.3 Å². The number of nitrogens with zero attached hydrogens (tertiary/aromatic N) is 2. The molecule has 3 heteroatoms. The minimum absolute atomic E-state index is 0.278. The Kier molecular flexibility index (Phi) is 1.20. The quantitative estimate of drug-likeness (QED) is 0.494. The lowest BCUT2D eigenvalue weighted by Crippen LogP contribution is -1.88. The summed E-state index contributed by atoms with van der Waals surface area (Å²) >= 11 is 0. The van der Waals surface area contributed by atoms with Crippen molar-refractivity contribution in [1.82, 2.24) is 10.2 Å². The van der Waals surface area contributed by atoms with E-state index in [9.17, 15) is 4.39 Å². The van der Waals surface area contributed by atoms with Crippen LogP contribution in [0.4, 0.5) is 4.39 Å². The van der Waals surface area contributed by atoms with Gasteiger partial charge in [-0.1, -0.05) is 0 Å². The van der Waals surface area contributed by atoms with Crippen molar-refractivity contribution in [2.75, 3.05) is 0 Å². The summed E-state index contributed by atoms with van der Waals surface area (Å²) in [6.07, 6.45) is 1.39. The van der Waals surface area contributed by atoms with Gasteiger partial charge in [-0.05, 0) is 13.0 Å². The Balaban J connectivity index is 3.13. The Morgan fingerprint density at radius 1 is 1.62 bits per heavy atom. The van der Waals surface area contributed by atoms with Crippen LogP contribution in [0.3, 0.4) is 0 Å². The zero-order valence-corrected chi connectivity index (χ0v) is 4.13. The predicted molar refractivity (Wildman–Crippen MR) is 26.4 cm³/mol. The van der Waals surface area contributed by atoms with E-state index in [0.29, 0.717) is 0 Å². The number of hydrogen-bond acceptors (Lipinski definition) is 2. The lowest BCUT2D eigenvalue weighted by molar-refractivity contribution is 0.558. The molecule has 0 aliphatic rings. The van der Waals surface area contributed by atoms with Gasteiger partial charge in [0, 0.05) is 5.56 Å². The maximum atomic E-state index is 12.1. The fraction of sp³-hybridized carbons (Fsp3) is 0. The molecule has 0 saturated carbocycles. The fourth-order valence-corrected chi connectivity index (χ4v) is 0.340. The molecule has 0 amide bonds. The third-order valence-corrected chi connectivity index (χ3v) is 0.753. The molecule has 1 aromatic heterocycles. The highest BCUT2D eigenvalue weighted by molar-refractivity contribution is 5.10. The van der Waals surface area contributed by atoms with Crippen molar-refractivity contribution in [3.63, 3.8) is 0 Å². The third kappa shape index (κ3) is 0.804. The second-order valence-electron chi connectivity index (χ2n) is 1.35. The molecule has 0 spiro atoms. The zero-order chi connectivity index (χ0) is 5.98. The molecule has 41 valence electrons. The van der Waals surface area contributed by atoms with Crippen LogP contribution in [0.2, 0.25) is 0 Å². The van der Waals surface area contributed by atoms with Gasteiger partial charge in [-0.2, -0.15) is 9.49 Å². The highest BCUT2D eigenvalue weighted by atomic mass is 19.1. The highest BCUT2D eigenvalue weighted by Crippen LogP contribution is 1.95. The number of aromatic nitrogens is 2. The summed E-state index contributed by atoms with van der Waals surface area (Å²) in [5.41, 5.74) is 0.278.